The quantitative estimate of drug-likeness (QED) is 0.395. The van der Waals surface area contributed by atoms with E-state index in [4.69, 9.17) is 19.6 Å². The Labute approximate surface area is 160 Å². The first kappa shape index (κ1) is 18.9. The molecule has 4 unspecified atom stereocenters. The first-order valence-corrected chi connectivity index (χ1v) is 10.6. The van der Waals surface area contributed by atoms with Gasteiger partial charge in [-0.3, -0.25) is 9.78 Å². The molecule has 0 saturated heterocycles. The van der Waals surface area contributed by atoms with E-state index in [9.17, 15) is 9.59 Å². The van der Waals surface area contributed by atoms with Gasteiger partial charge in [0.1, 0.15) is 12.2 Å². The van der Waals surface area contributed by atoms with Crippen molar-refractivity contribution in [2.45, 2.75) is 82.8 Å². The van der Waals surface area contributed by atoms with Crippen molar-refractivity contribution in [2.24, 2.45) is 23.7 Å². The van der Waals surface area contributed by atoms with Crippen molar-refractivity contribution in [3.8, 4) is 0 Å². The van der Waals surface area contributed by atoms with Crippen LogP contribution in [0.1, 0.15) is 70.6 Å². The monoisotopic (exact) mass is 378 g/mol. The summed E-state index contributed by atoms with van der Waals surface area (Å²) < 4.78 is 0. The van der Waals surface area contributed by atoms with E-state index in [1.807, 2.05) is 12.2 Å². The molecule has 6 nitrogen and oxygen atoms in total. The van der Waals surface area contributed by atoms with Crippen LogP contribution in [0, 0.1) is 23.7 Å². The molecule has 3 fully saturated rings. The molecule has 0 N–H and O–H groups in total. The standard InChI is InChI=1S/C21H30O6/c22-20(26-24-16-7-3-1-4-8-16)18-14-11-12-15(13-14)19(18)21(23)27-25-17-9-5-2-6-10-17/h11-12,14-19H,1-10,13H2. The van der Waals surface area contributed by atoms with Gasteiger partial charge in [-0.1, -0.05) is 50.7 Å². The topological polar surface area (TPSA) is 71.1 Å². The predicted octanol–water partition coefficient (Wildman–Crippen LogP) is 4.04. The SMILES string of the molecule is O=C(OOC1CCCCC1)C1C2C=CC(C2)C1C(=O)OOC1CCCCC1. The van der Waals surface area contributed by atoms with Gasteiger partial charge in [0.15, 0.2) is 0 Å². The number of fused-ring (bicyclic) bond motifs is 2. The van der Waals surface area contributed by atoms with Crippen molar-refractivity contribution >= 4 is 11.9 Å². The third-order valence-corrected chi connectivity index (χ3v) is 6.64. The van der Waals surface area contributed by atoms with Crippen molar-refractivity contribution < 1.29 is 29.1 Å². The van der Waals surface area contributed by atoms with E-state index in [1.54, 1.807) is 0 Å². The van der Waals surface area contributed by atoms with Gasteiger partial charge < -0.3 is 0 Å². The first-order valence-electron chi connectivity index (χ1n) is 10.6. The van der Waals surface area contributed by atoms with Gasteiger partial charge in [0.2, 0.25) is 0 Å². The zero-order valence-corrected chi connectivity index (χ0v) is 15.8. The molecular formula is C21H30O6. The molecule has 0 aromatic heterocycles. The largest absolute Gasteiger partial charge is 0.346 e. The molecule has 150 valence electrons. The normalized spacial score (nSPS) is 33.9. The zero-order valence-electron chi connectivity index (χ0n) is 15.8. The van der Waals surface area contributed by atoms with E-state index in [2.05, 4.69) is 0 Å². The molecule has 2 bridgehead atoms. The van der Waals surface area contributed by atoms with Crippen LogP contribution >= 0.6 is 0 Å². The summed E-state index contributed by atoms with van der Waals surface area (Å²) in [5.41, 5.74) is 0. The molecule has 4 aliphatic rings. The van der Waals surface area contributed by atoms with Crippen LogP contribution < -0.4 is 0 Å². The maximum absolute atomic E-state index is 12.7. The minimum absolute atomic E-state index is 0.0168. The molecule has 0 radical (unpaired) electrons. The van der Waals surface area contributed by atoms with Gasteiger partial charge in [-0.15, -0.1) is 0 Å². The summed E-state index contributed by atoms with van der Waals surface area (Å²) in [7, 11) is 0. The fourth-order valence-corrected chi connectivity index (χ4v) is 5.13. The zero-order chi connectivity index (χ0) is 18.6. The predicted molar refractivity (Wildman–Crippen MR) is 95.8 cm³/mol. The Kier molecular flexibility index (Phi) is 6.13. The smallest absolute Gasteiger partial charge is 0.298 e. The average molecular weight is 378 g/mol. The molecule has 4 atom stereocenters. The number of hydrogen-bond acceptors (Lipinski definition) is 6. The van der Waals surface area contributed by atoms with Gasteiger partial charge in [0, 0.05) is 0 Å². The molecule has 0 aliphatic heterocycles. The number of allylic oxidation sites excluding steroid dienone is 2. The van der Waals surface area contributed by atoms with E-state index >= 15 is 0 Å². The second-order valence-electron chi connectivity index (χ2n) is 8.52. The maximum Gasteiger partial charge on any atom is 0.346 e. The molecule has 3 saturated carbocycles. The molecular weight excluding hydrogens is 348 g/mol. The van der Waals surface area contributed by atoms with Crippen LogP contribution in [0.5, 0.6) is 0 Å². The highest BCUT2D eigenvalue weighted by atomic mass is 17.2. The van der Waals surface area contributed by atoms with Gasteiger partial charge in [-0.05, 0) is 43.9 Å². The summed E-state index contributed by atoms with van der Waals surface area (Å²) in [5.74, 6) is -1.93. The van der Waals surface area contributed by atoms with Crippen LogP contribution in [0.4, 0.5) is 0 Å². The molecule has 0 aromatic carbocycles. The summed E-state index contributed by atoms with van der Waals surface area (Å²) in [6, 6.07) is 0. The molecule has 4 rings (SSSR count). The van der Waals surface area contributed by atoms with Crippen molar-refractivity contribution in [2.75, 3.05) is 0 Å². The van der Waals surface area contributed by atoms with Crippen LogP contribution in [0.3, 0.4) is 0 Å². The average Bonchev–Trinajstić information content (AvgIpc) is 3.33. The minimum atomic E-state index is -0.536. The fourth-order valence-electron chi connectivity index (χ4n) is 5.13. The molecule has 4 aliphatic carbocycles. The van der Waals surface area contributed by atoms with E-state index in [1.165, 1.54) is 12.8 Å². The first-order chi connectivity index (χ1) is 13.2. The number of rotatable bonds is 6. The lowest BCUT2D eigenvalue weighted by atomic mass is 9.83. The summed E-state index contributed by atoms with van der Waals surface area (Å²) in [6.07, 6.45) is 15.3. The lowest BCUT2D eigenvalue weighted by molar-refractivity contribution is -0.313. The molecule has 0 aromatic rings. The lowest BCUT2D eigenvalue weighted by Gasteiger charge is -2.26. The highest BCUT2D eigenvalue weighted by Crippen LogP contribution is 2.49. The summed E-state index contributed by atoms with van der Waals surface area (Å²) in [6.45, 7) is 0. The van der Waals surface area contributed by atoms with Gasteiger partial charge >= 0.3 is 11.9 Å². The van der Waals surface area contributed by atoms with E-state index < -0.39 is 23.8 Å². The Bertz CT molecular complexity index is 513. The number of hydrogen-bond donors (Lipinski definition) is 0. The van der Waals surface area contributed by atoms with E-state index in [0.717, 1.165) is 57.8 Å². The molecule has 0 amide bonds. The molecule has 0 heterocycles. The van der Waals surface area contributed by atoms with Crippen LogP contribution in [-0.2, 0) is 29.1 Å². The highest BCUT2D eigenvalue weighted by molar-refractivity contribution is 5.84. The van der Waals surface area contributed by atoms with Crippen LogP contribution in [0.15, 0.2) is 12.2 Å². The van der Waals surface area contributed by atoms with Crippen LogP contribution in [0.2, 0.25) is 0 Å². The summed E-state index contributed by atoms with van der Waals surface area (Å²) >= 11 is 0. The van der Waals surface area contributed by atoms with Crippen LogP contribution in [-0.4, -0.2) is 24.1 Å². The second-order valence-corrected chi connectivity index (χ2v) is 8.52. The molecule has 0 spiro atoms. The van der Waals surface area contributed by atoms with Gasteiger partial charge in [0.25, 0.3) is 0 Å². The van der Waals surface area contributed by atoms with Crippen molar-refractivity contribution in [1.29, 1.82) is 0 Å². The van der Waals surface area contributed by atoms with Crippen LogP contribution in [0.25, 0.3) is 0 Å². The Morgan fingerprint density at radius 1 is 0.630 bits per heavy atom. The van der Waals surface area contributed by atoms with Crippen molar-refractivity contribution in [1.82, 2.24) is 0 Å². The van der Waals surface area contributed by atoms with Gasteiger partial charge in [-0.2, -0.15) is 9.78 Å². The van der Waals surface area contributed by atoms with Gasteiger partial charge in [0.05, 0.1) is 11.8 Å². The Morgan fingerprint density at radius 3 is 1.44 bits per heavy atom. The number of carbonyl (C=O) groups is 2. The Morgan fingerprint density at radius 2 is 1.04 bits per heavy atom. The Hall–Kier alpha value is -1.40. The van der Waals surface area contributed by atoms with E-state index in [0.29, 0.717) is 0 Å². The lowest BCUT2D eigenvalue weighted by Crippen LogP contribution is -2.36. The van der Waals surface area contributed by atoms with Gasteiger partial charge in [-0.25, -0.2) is 9.59 Å². The summed E-state index contributed by atoms with van der Waals surface area (Å²) in [5, 5.41) is 0. The summed E-state index contributed by atoms with van der Waals surface area (Å²) in [4.78, 5) is 46.5. The van der Waals surface area contributed by atoms with Crippen molar-refractivity contribution in [3.63, 3.8) is 0 Å². The van der Waals surface area contributed by atoms with E-state index in [-0.39, 0.29) is 24.0 Å². The maximum atomic E-state index is 12.7. The second kappa shape index (κ2) is 8.74. The highest BCUT2D eigenvalue weighted by Gasteiger charge is 2.54. The number of carbonyl (C=O) groups excluding carboxylic acids is 2. The van der Waals surface area contributed by atoms with Crippen molar-refractivity contribution in [3.05, 3.63) is 12.2 Å². The third kappa shape index (κ3) is 4.37. The molecule has 6 heteroatoms. The third-order valence-electron chi connectivity index (χ3n) is 6.64. The Balaban J connectivity index is 1.31. The fraction of sp³-hybridized carbons (Fsp3) is 0.810. The minimum Gasteiger partial charge on any atom is -0.298 e. The molecule has 27 heavy (non-hydrogen) atoms.